The van der Waals surface area contributed by atoms with Gasteiger partial charge in [-0.15, -0.1) is 0 Å². The summed E-state index contributed by atoms with van der Waals surface area (Å²) in [6, 6.07) is -0.431. The number of nitrogens with zero attached hydrogens (tertiary/aromatic N) is 1. The van der Waals surface area contributed by atoms with E-state index in [0.29, 0.717) is 31.2 Å². The fourth-order valence-corrected chi connectivity index (χ4v) is 8.44. The minimum absolute atomic E-state index is 0.0441. The smallest absolute Gasteiger partial charge is 0.329 e. The molecule has 5 heteroatoms. The summed E-state index contributed by atoms with van der Waals surface area (Å²) in [7, 11) is 0. The summed E-state index contributed by atoms with van der Waals surface area (Å²) in [6.07, 6.45) is 22.0. The molecule has 3 heterocycles. The number of ether oxygens (including phenoxy) is 2. The molecule has 1 amide bonds. The highest BCUT2D eigenvalue weighted by Gasteiger charge is 2.38. The number of carbonyl (C=O) groups is 2. The van der Waals surface area contributed by atoms with Gasteiger partial charge < -0.3 is 14.4 Å². The van der Waals surface area contributed by atoms with Crippen LogP contribution >= 0.6 is 0 Å². The lowest BCUT2D eigenvalue weighted by Gasteiger charge is -2.36. The average Bonchev–Trinajstić information content (AvgIpc) is 3.46. The van der Waals surface area contributed by atoms with Crippen molar-refractivity contribution in [3.8, 4) is 0 Å². The van der Waals surface area contributed by atoms with E-state index in [1.165, 1.54) is 70.6 Å². The van der Waals surface area contributed by atoms with Crippen LogP contribution in [0.15, 0.2) is 0 Å². The highest BCUT2D eigenvalue weighted by atomic mass is 16.5. The summed E-state index contributed by atoms with van der Waals surface area (Å²) in [6.45, 7) is 17.0. The summed E-state index contributed by atoms with van der Waals surface area (Å²) in [4.78, 5) is 28.5. The third kappa shape index (κ3) is 13.3. The van der Waals surface area contributed by atoms with Gasteiger partial charge >= 0.3 is 5.97 Å². The Morgan fingerprint density at radius 2 is 1.14 bits per heavy atom. The molecule has 3 saturated heterocycles. The van der Waals surface area contributed by atoms with Gasteiger partial charge in [-0.05, 0) is 107 Å². The summed E-state index contributed by atoms with van der Waals surface area (Å²) in [5.41, 5.74) is 0. The second-order valence-electron chi connectivity index (χ2n) is 16.3. The number of hydrogen-bond acceptors (Lipinski definition) is 4. The molecular weight excluding hydrogens is 546 g/mol. The van der Waals surface area contributed by atoms with Gasteiger partial charge in [0, 0.05) is 6.54 Å². The molecule has 44 heavy (non-hydrogen) atoms. The molecule has 3 rings (SSSR count). The zero-order valence-electron chi connectivity index (χ0n) is 30.0. The monoisotopic (exact) mass is 618 g/mol. The molecular formula is C39H71NO4. The predicted octanol–water partition coefficient (Wildman–Crippen LogP) is 10.1. The largest absolute Gasteiger partial charge is 0.461 e. The topological polar surface area (TPSA) is 55.8 Å². The number of cyclic esters (lactones) is 1. The summed E-state index contributed by atoms with van der Waals surface area (Å²) < 4.78 is 12.5. The van der Waals surface area contributed by atoms with E-state index < -0.39 is 6.04 Å². The third-order valence-electron chi connectivity index (χ3n) is 11.4. The van der Waals surface area contributed by atoms with Crippen LogP contribution in [-0.2, 0) is 19.1 Å². The Balaban J connectivity index is 1.57. The van der Waals surface area contributed by atoms with E-state index in [9.17, 15) is 9.59 Å². The molecule has 4 unspecified atom stereocenters. The first-order valence-corrected chi connectivity index (χ1v) is 19.2. The number of hydrogen-bond donors (Lipinski definition) is 0. The van der Waals surface area contributed by atoms with Gasteiger partial charge in [0.15, 0.2) is 0 Å². The fourth-order valence-electron chi connectivity index (χ4n) is 8.44. The van der Waals surface area contributed by atoms with E-state index in [-0.39, 0.29) is 30.2 Å². The van der Waals surface area contributed by atoms with Crippen molar-refractivity contribution in [1.29, 1.82) is 0 Å². The minimum atomic E-state index is -0.431. The highest BCUT2D eigenvalue weighted by molar-refractivity contribution is 5.85. The lowest BCUT2D eigenvalue weighted by Crippen LogP contribution is -2.45. The molecule has 10 atom stereocenters. The summed E-state index contributed by atoms with van der Waals surface area (Å²) in [5.74, 6) is 4.02. The van der Waals surface area contributed by atoms with Crippen LogP contribution in [0.2, 0.25) is 0 Å². The van der Waals surface area contributed by atoms with Crippen molar-refractivity contribution in [2.24, 2.45) is 35.5 Å². The first-order chi connectivity index (χ1) is 21.0. The van der Waals surface area contributed by atoms with Gasteiger partial charge in [0.25, 0.3) is 0 Å². The van der Waals surface area contributed by atoms with Crippen LogP contribution in [0.4, 0.5) is 0 Å². The maximum absolute atomic E-state index is 13.5. The second-order valence-corrected chi connectivity index (χ2v) is 16.3. The molecule has 0 aliphatic carbocycles. The maximum atomic E-state index is 13.5. The fraction of sp³-hybridized carbons (Fsp3) is 0.949. The number of amides is 1. The van der Waals surface area contributed by atoms with Gasteiger partial charge in [-0.2, -0.15) is 0 Å². The molecule has 5 nitrogen and oxygen atoms in total. The van der Waals surface area contributed by atoms with Crippen molar-refractivity contribution >= 4 is 11.9 Å². The highest BCUT2D eigenvalue weighted by Crippen LogP contribution is 2.32. The van der Waals surface area contributed by atoms with E-state index in [1.807, 2.05) is 6.92 Å². The van der Waals surface area contributed by atoms with Gasteiger partial charge in [-0.25, -0.2) is 4.79 Å². The first-order valence-electron chi connectivity index (χ1n) is 19.2. The zero-order chi connectivity index (χ0) is 32.1. The van der Waals surface area contributed by atoms with E-state index in [1.54, 1.807) is 4.90 Å². The molecule has 0 aromatic carbocycles. The molecule has 3 aliphatic heterocycles. The average molecular weight is 618 g/mol. The minimum Gasteiger partial charge on any atom is -0.461 e. The Labute approximate surface area is 272 Å². The molecule has 0 radical (unpaired) electrons. The lowest BCUT2D eigenvalue weighted by atomic mass is 9.86. The zero-order valence-corrected chi connectivity index (χ0v) is 30.0. The Kier molecular flexibility index (Phi) is 16.6. The van der Waals surface area contributed by atoms with Gasteiger partial charge in [0.2, 0.25) is 5.91 Å². The molecule has 256 valence electrons. The quantitative estimate of drug-likeness (QED) is 0.254. The molecule has 2 bridgehead atoms. The van der Waals surface area contributed by atoms with Gasteiger partial charge in [-0.1, -0.05) is 92.9 Å². The predicted molar refractivity (Wildman–Crippen MR) is 182 cm³/mol. The SMILES string of the molecule is CC1CCCCC[C@@H](C)C[C@@H](C)CCCC(C)C[C@@H](C)CC[C@@H](C)OC(=O)C2CCCN2C(=O)CC2O[C@H](CC1)CC[C@H]2C. The molecule has 0 spiro atoms. The molecule has 3 fully saturated rings. The molecule has 0 saturated carbocycles. The van der Waals surface area contributed by atoms with Crippen molar-refractivity contribution in [3.05, 3.63) is 0 Å². The van der Waals surface area contributed by atoms with Crippen LogP contribution in [0.3, 0.4) is 0 Å². The second kappa shape index (κ2) is 19.5. The van der Waals surface area contributed by atoms with Crippen LogP contribution in [0.25, 0.3) is 0 Å². The number of fused-ring (bicyclic) bond motifs is 3. The Morgan fingerprint density at radius 1 is 0.568 bits per heavy atom. The van der Waals surface area contributed by atoms with E-state index in [0.717, 1.165) is 62.2 Å². The third-order valence-corrected chi connectivity index (χ3v) is 11.4. The van der Waals surface area contributed by atoms with Gasteiger partial charge in [-0.3, -0.25) is 4.79 Å². The van der Waals surface area contributed by atoms with Crippen molar-refractivity contribution in [1.82, 2.24) is 4.90 Å². The van der Waals surface area contributed by atoms with Crippen LogP contribution in [-0.4, -0.2) is 47.7 Å². The Hall–Kier alpha value is -1.10. The molecule has 0 aromatic rings. The lowest BCUT2D eigenvalue weighted by molar-refractivity contribution is -0.159. The van der Waals surface area contributed by atoms with Crippen LogP contribution in [0.5, 0.6) is 0 Å². The van der Waals surface area contributed by atoms with Crippen LogP contribution < -0.4 is 0 Å². The molecule has 3 aliphatic rings. The first kappa shape index (κ1) is 37.4. The summed E-state index contributed by atoms with van der Waals surface area (Å²) >= 11 is 0. The van der Waals surface area contributed by atoms with Crippen LogP contribution in [0.1, 0.15) is 170 Å². The van der Waals surface area contributed by atoms with E-state index in [4.69, 9.17) is 9.47 Å². The van der Waals surface area contributed by atoms with Gasteiger partial charge in [0.05, 0.1) is 24.7 Å². The van der Waals surface area contributed by atoms with Crippen molar-refractivity contribution in [2.75, 3.05) is 6.54 Å². The maximum Gasteiger partial charge on any atom is 0.329 e. The Bertz CT molecular complexity index is 831. The van der Waals surface area contributed by atoms with Crippen molar-refractivity contribution in [3.63, 3.8) is 0 Å². The van der Waals surface area contributed by atoms with Crippen LogP contribution in [0, 0.1) is 35.5 Å². The molecule has 0 aromatic heterocycles. The van der Waals surface area contributed by atoms with Gasteiger partial charge in [0.1, 0.15) is 6.04 Å². The van der Waals surface area contributed by atoms with Crippen molar-refractivity contribution < 1.29 is 19.1 Å². The Morgan fingerprint density at radius 3 is 1.82 bits per heavy atom. The number of rotatable bonds is 0. The normalized spacial score (nSPS) is 39.4. The van der Waals surface area contributed by atoms with Crippen molar-refractivity contribution in [2.45, 2.75) is 195 Å². The standard InChI is InChI=1S/C39H71NO4/c1-28-13-9-8-10-14-29(2)25-30(3)15-11-16-31(4)26-32(5)18-21-34(7)43-39(42)36-17-12-24-40(36)38(41)27-37-33(6)20-23-35(44-37)22-19-28/h28-37H,8-27H2,1-7H3/t28?,29-,30+,31?,32+,33-,34-,35-,36?,37?/m1/s1. The van der Waals surface area contributed by atoms with E-state index in [2.05, 4.69) is 41.5 Å². The number of carbonyl (C=O) groups excluding carboxylic acids is 2. The summed E-state index contributed by atoms with van der Waals surface area (Å²) in [5, 5.41) is 0. The molecule has 0 N–H and O–H groups in total. The van der Waals surface area contributed by atoms with E-state index >= 15 is 0 Å². The number of esters is 1.